The largest absolute Gasteiger partial charge is 0.503 e. The van der Waals surface area contributed by atoms with Gasteiger partial charge in [0.15, 0.2) is 11.4 Å². The number of hydrogen-bond donors (Lipinski definition) is 2. The number of rotatable bonds is 4. The smallest absolute Gasteiger partial charge is 0.274 e. The summed E-state index contributed by atoms with van der Waals surface area (Å²) in [6.45, 7) is 4.98. The van der Waals surface area contributed by atoms with E-state index < -0.39 is 11.2 Å². The van der Waals surface area contributed by atoms with Gasteiger partial charge in [-0.1, -0.05) is 19.3 Å². The average molecular weight is 361 g/mol. The number of fused-ring (bicyclic) bond motifs is 1. The van der Waals surface area contributed by atoms with Crippen LogP contribution in [0.25, 0.3) is 0 Å². The number of nitrogens with one attached hydrogen (secondary N) is 1. The van der Waals surface area contributed by atoms with Crippen LogP contribution in [0.15, 0.2) is 10.9 Å². The Kier molecular flexibility index (Phi) is 5.34. The molecule has 0 bridgehead atoms. The first-order valence-corrected chi connectivity index (χ1v) is 9.44. The molecule has 26 heavy (non-hydrogen) atoms. The fourth-order valence-corrected chi connectivity index (χ4v) is 3.93. The predicted octanol–water partition coefficient (Wildman–Crippen LogP) is 1.61. The second-order valence-electron chi connectivity index (χ2n) is 7.49. The molecule has 0 spiro atoms. The molecule has 0 atom stereocenters. The number of carbonyl (C=O) groups excluding carboxylic acids is 2. The van der Waals surface area contributed by atoms with Gasteiger partial charge in [-0.15, -0.1) is 0 Å². The van der Waals surface area contributed by atoms with Crippen LogP contribution in [0.3, 0.4) is 0 Å². The van der Waals surface area contributed by atoms with Crippen LogP contribution in [0.5, 0.6) is 5.75 Å². The predicted molar refractivity (Wildman–Crippen MR) is 97.0 cm³/mol. The van der Waals surface area contributed by atoms with E-state index in [0.29, 0.717) is 18.8 Å². The Bertz CT molecular complexity index is 763. The number of hydrogen-bond acceptors (Lipinski definition) is 4. The topological polar surface area (TPSA) is 91.6 Å². The summed E-state index contributed by atoms with van der Waals surface area (Å²) in [6.07, 6.45) is 5.14. The molecule has 0 unspecified atom stereocenters. The Labute approximate surface area is 153 Å². The SMILES string of the molecule is CC(C)N1CCn2c(CNC(=O)C3CCCCC3)cc(=O)c(O)c2C1=O. The van der Waals surface area contributed by atoms with E-state index >= 15 is 0 Å². The van der Waals surface area contributed by atoms with Crippen LogP contribution in [0.2, 0.25) is 0 Å². The molecular weight excluding hydrogens is 334 g/mol. The van der Waals surface area contributed by atoms with Gasteiger partial charge in [0.05, 0.1) is 6.54 Å². The van der Waals surface area contributed by atoms with Crippen LogP contribution >= 0.6 is 0 Å². The third-order valence-corrected chi connectivity index (χ3v) is 5.44. The molecule has 1 aliphatic carbocycles. The minimum absolute atomic E-state index is 0.00511. The molecule has 2 amide bonds. The first-order valence-electron chi connectivity index (χ1n) is 9.44. The number of amides is 2. The molecule has 1 aromatic heterocycles. The lowest BCUT2D eigenvalue weighted by Crippen LogP contribution is -2.46. The molecule has 0 aromatic carbocycles. The maximum Gasteiger partial charge on any atom is 0.274 e. The Morgan fingerprint density at radius 1 is 1.23 bits per heavy atom. The van der Waals surface area contributed by atoms with E-state index in [1.165, 1.54) is 12.5 Å². The number of aromatic hydroxyl groups is 1. The van der Waals surface area contributed by atoms with Crippen molar-refractivity contribution in [2.45, 2.75) is 65.1 Å². The number of pyridine rings is 1. The molecule has 1 aromatic rings. The summed E-state index contributed by atoms with van der Waals surface area (Å²) in [5, 5.41) is 13.1. The number of nitrogens with zero attached hydrogens (tertiary/aromatic N) is 2. The average Bonchev–Trinajstić information content (AvgIpc) is 2.63. The normalized spacial score (nSPS) is 18.1. The molecule has 3 rings (SSSR count). The minimum atomic E-state index is -0.586. The van der Waals surface area contributed by atoms with Crippen molar-refractivity contribution >= 4 is 11.8 Å². The van der Waals surface area contributed by atoms with Gasteiger partial charge in [0.1, 0.15) is 0 Å². The zero-order chi connectivity index (χ0) is 18.8. The van der Waals surface area contributed by atoms with Crippen molar-refractivity contribution in [1.29, 1.82) is 0 Å². The van der Waals surface area contributed by atoms with E-state index in [0.717, 1.165) is 25.7 Å². The monoisotopic (exact) mass is 361 g/mol. The van der Waals surface area contributed by atoms with Crippen molar-refractivity contribution in [3.8, 4) is 5.75 Å². The summed E-state index contributed by atoms with van der Waals surface area (Å²) >= 11 is 0. The third-order valence-electron chi connectivity index (χ3n) is 5.44. The first kappa shape index (κ1) is 18.5. The summed E-state index contributed by atoms with van der Waals surface area (Å²) < 4.78 is 1.67. The highest BCUT2D eigenvalue weighted by Gasteiger charge is 2.31. The quantitative estimate of drug-likeness (QED) is 0.852. The second kappa shape index (κ2) is 7.51. The number of aromatic nitrogens is 1. The second-order valence-corrected chi connectivity index (χ2v) is 7.49. The lowest BCUT2D eigenvalue weighted by molar-refractivity contribution is -0.126. The van der Waals surface area contributed by atoms with Gasteiger partial charge < -0.3 is 19.9 Å². The molecule has 7 nitrogen and oxygen atoms in total. The van der Waals surface area contributed by atoms with Crippen LogP contribution in [0.4, 0.5) is 0 Å². The zero-order valence-electron chi connectivity index (χ0n) is 15.5. The van der Waals surface area contributed by atoms with E-state index in [4.69, 9.17) is 0 Å². The molecule has 1 fully saturated rings. The van der Waals surface area contributed by atoms with Gasteiger partial charge in [0, 0.05) is 36.8 Å². The molecule has 7 heteroatoms. The Morgan fingerprint density at radius 3 is 2.58 bits per heavy atom. The van der Waals surface area contributed by atoms with Crippen LogP contribution in [0.1, 0.15) is 62.1 Å². The van der Waals surface area contributed by atoms with Gasteiger partial charge >= 0.3 is 0 Å². The van der Waals surface area contributed by atoms with Crippen molar-refractivity contribution in [2.24, 2.45) is 5.92 Å². The highest BCUT2D eigenvalue weighted by molar-refractivity contribution is 5.96. The van der Waals surface area contributed by atoms with Crippen molar-refractivity contribution in [3.63, 3.8) is 0 Å². The molecule has 2 heterocycles. The lowest BCUT2D eigenvalue weighted by atomic mass is 9.89. The Hall–Kier alpha value is -2.31. The molecule has 2 N–H and O–H groups in total. The first-order chi connectivity index (χ1) is 12.4. The van der Waals surface area contributed by atoms with Gasteiger partial charge in [-0.25, -0.2) is 0 Å². The molecule has 142 valence electrons. The summed E-state index contributed by atoms with van der Waals surface area (Å²) in [4.78, 5) is 38.8. The van der Waals surface area contributed by atoms with E-state index in [9.17, 15) is 19.5 Å². The molecule has 1 saturated carbocycles. The van der Waals surface area contributed by atoms with Crippen LogP contribution in [-0.2, 0) is 17.9 Å². The van der Waals surface area contributed by atoms with E-state index in [1.807, 2.05) is 13.8 Å². The van der Waals surface area contributed by atoms with E-state index in [2.05, 4.69) is 5.32 Å². The summed E-state index contributed by atoms with van der Waals surface area (Å²) in [5.74, 6) is -0.819. The van der Waals surface area contributed by atoms with Gasteiger partial charge in [-0.2, -0.15) is 0 Å². The van der Waals surface area contributed by atoms with Gasteiger partial charge in [0.25, 0.3) is 5.91 Å². The standard InChI is InChI=1S/C19H27N3O4/c1-12(2)21-8-9-22-14(10-15(23)17(24)16(22)19(21)26)11-20-18(25)13-6-4-3-5-7-13/h10,12-13,24H,3-9,11H2,1-2H3,(H,20,25). The molecular formula is C19H27N3O4. The molecule has 1 aliphatic heterocycles. The van der Waals surface area contributed by atoms with Crippen molar-refractivity contribution in [3.05, 3.63) is 27.7 Å². The Morgan fingerprint density at radius 2 is 1.92 bits per heavy atom. The zero-order valence-corrected chi connectivity index (χ0v) is 15.5. The van der Waals surface area contributed by atoms with Crippen molar-refractivity contribution in [2.75, 3.05) is 6.54 Å². The summed E-state index contributed by atoms with van der Waals surface area (Å²) in [7, 11) is 0. The number of carbonyl (C=O) groups is 2. The van der Waals surface area contributed by atoms with Gasteiger partial charge in [-0.3, -0.25) is 14.4 Å². The maximum atomic E-state index is 12.7. The summed E-state index contributed by atoms with van der Waals surface area (Å²) in [6, 6.07) is 1.30. The van der Waals surface area contributed by atoms with Crippen molar-refractivity contribution in [1.82, 2.24) is 14.8 Å². The highest BCUT2D eigenvalue weighted by atomic mass is 16.3. The van der Waals surface area contributed by atoms with Crippen LogP contribution < -0.4 is 10.7 Å². The minimum Gasteiger partial charge on any atom is -0.503 e. The Balaban J connectivity index is 1.83. The fourth-order valence-electron chi connectivity index (χ4n) is 3.93. The van der Waals surface area contributed by atoms with Crippen LogP contribution in [0, 0.1) is 5.92 Å². The molecule has 0 saturated heterocycles. The van der Waals surface area contributed by atoms with Crippen molar-refractivity contribution < 1.29 is 14.7 Å². The summed E-state index contributed by atoms with van der Waals surface area (Å²) in [5.41, 5.74) is 0.000187. The fraction of sp³-hybridized carbons (Fsp3) is 0.632. The molecule has 0 radical (unpaired) electrons. The maximum absolute atomic E-state index is 12.7. The van der Waals surface area contributed by atoms with E-state index in [1.54, 1.807) is 9.47 Å². The molecule has 2 aliphatic rings. The third kappa shape index (κ3) is 3.48. The highest BCUT2D eigenvalue weighted by Crippen LogP contribution is 2.25. The van der Waals surface area contributed by atoms with Gasteiger partial charge in [0.2, 0.25) is 11.3 Å². The van der Waals surface area contributed by atoms with E-state index in [-0.39, 0.29) is 36.0 Å². The van der Waals surface area contributed by atoms with Crippen LogP contribution in [-0.4, -0.2) is 39.0 Å². The van der Waals surface area contributed by atoms with Gasteiger partial charge in [-0.05, 0) is 26.7 Å². The lowest BCUT2D eigenvalue weighted by Gasteiger charge is -2.34.